The van der Waals surface area contributed by atoms with Crippen molar-refractivity contribution in [3.63, 3.8) is 0 Å². The van der Waals surface area contributed by atoms with Gasteiger partial charge in [-0.05, 0) is 7.05 Å². The summed E-state index contributed by atoms with van der Waals surface area (Å²) in [5.74, 6) is 0.0953. The molecule has 1 fully saturated rings. The van der Waals surface area contributed by atoms with E-state index in [2.05, 4.69) is 28.8 Å². The molecule has 1 aromatic heterocycles. The Bertz CT molecular complexity index is 627. The molecule has 2 aromatic rings. The van der Waals surface area contributed by atoms with Crippen molar-refractivity contribution in [3.8, 4) is 11.3 Å². The summed E-state index contributed by atoms with van der Waals surface area (Å²) in [7, 11) is 2.15. The molecule has 1 saturated heterocycles. The van der Waals surface area contributed by atoms with Crippen LogP contribution in [0.4, 0.5) is 5.13 Å². The fraction of sp³-hybridized carbons (Fsp3) is 0.312. The minimum absolute atomic E-state index is 0.0953. The fourth-order valence-electron chi connectivity index (χ4n) is 2.37. The number of piperazine rings is 1. The van der Waals surface area contributed by atoms with Gasteiger partial charge in [0.15, 0.2) is 5.13 Å². The normalized spacial score (nSPS) is 16.1. The molecule has 1 N–H and O–H groups in total. The molecule has 1 aliphatic heterocycles. The summed E-state index contributed by atoms with van der Waals surface area (Å²) in [6.45, 7) is 7.77. The summed E-state index contributed by atoms with van der Waals surface area (Å²) in [6, 6.07) is 7.68. The van der Waals surface area contributed by atoms with Gasteiger partial charge in [-0.3, -0.25) is 0 Å². The first-order valence-electron chi connectivity index (χ1n) is 7.01. The number of anilines is 1. The van der Waals surface area contributed by atoms with Crippen molar-refractivity contribution in [1.29, 1.82) is 0 Å². The van der Waals surface area contributed by atoms with E-state index in [4.69, 9.17) is 4.98 Å². The first-order chi connectivity index (χ1) is 10.1. The Morgan fingerprint density at radius 3 is 2.48 bits per heavy atom. The quantitative estimate of drug-likeness (QED) is 0.884. The number of aliphatic hydroxyl groups excluding tert-OH is 1. The zero-order valence-electron chi connectivity index (χ0n) is 12.1. The average molecular weight is 301 g/mol. The predicted octanol–water partition coefficient (Wildman–Crippen LogP) is 3.09. The van der Waals surface area contributed by atoms with Crippen LogP contribution in [0.3, 0.4) is 0 Å². The van der Waals surface area contributed by atoms with Crippen LogP contribution in [0.15, 0.2) is 36.2 Å². The van der Waals surface area contributed by atoms with E-state index in [1.165, 1.54) is 0 Å². The number of benzene rings is 1. The molecule has 0 bridgehead atoms. The number of nitrogens with zero attached hydrogens (tertiary/aromatic N) is 3. The zero-order valence-corrected chi connectivity index (χ0v) is 12.9. The topological polar surface area (TPSA) is 39.6 Å². The van der Waals surface area contributed by atoms with Gasteiger partial charge in [-0.1, -0.05) is 30.8 Å². The van der Waals surface area contributed by atoms with Crippen molar-refractivity contribution in [2.45, 2.75) is 0 Å². The van der Waals surface area contributed by atoms with Gasteiger partial charge in [-0.15, -0.1) is 11.3 Å². The summed E-state index contributed by atoms with van der Waals surface area (Å²) >= 11 is 1.69. The highest BCUT2D eigenvalue weighted by molar-refractivity contribution is 7.14. The third-order valence-electron chi connectivity index (χ3n) is 3.78. The predicted molar refractivity (Wildman–Crippen MR) is 88.9 cm³/mol. The number of aliphatic hydroxyl groups is 1. The second-order valence-corrected chi connectivity index (χ2v) is 6.17. The van der Waals surface area contributed by atoms with Crippen molar-refractivity contribution >= 4 is 22.2 Å². The number of hydrogen-bond acceptors (Lipinski definition) is 5. The van der Waals surface area contributed by atoms with Crippen LogP contribution in [0.5, 0.6) is 0 Å². The summed E-state index contributed by atoms with van der Waals surface area (Å²) in [5, 5.41) is 12.5. The van der Waals surface area contributed by atoms with E-state index in [-0.39, 0.29) is 5.76 Å². The van der Waals surface area contributed by atoms with E-state index in [9.17, 15) is 5.11 Å². The number of likely N-dealkylation sites (N-methyl/N-ethyl adjacent to an activating group) is 1. The van der Waals surface area contributed by atoms with Gasteiger partial charge in [0, 0.05) is 42.7 Å². The molecule has 110 valence electrons. The van der Waals surface area contributed by atoms with Gasteiger partial charge >= 0.3 is 0 Å². The molecule has 5 heteroatoms. The van der Waals surface area contributed by atoms with Crippen molar-refractivity contribution in [3.05, 3.63) is 41.8 Å². The Hall–Kier alpha value is -1.85. The van der Waals surface area contributed by atoms with Crippen LogP contribution in [0, 0.1) is 0 Å². The molecule has 0 radical (unpaired) electrons. The Labute approximate surface area is 129 Å². The molecular formula is C16H19N3OS. The summed E-state index contributed by atoms with van der Waals surface area (Å²) < 4.78 is 0. The van der Waals surface area contributed by atoms with Crippen molar-refractivity contribution in [2.75, 3.05) is 38.1 Å². The van der Waals surface area contributed by atoms with Crippen LogP contribution in [-0.2, 0) is 0 Å². The molecule has 0 saturated carbocycles. The maximum absolute atomic E-state index is 9.36. The molecule has 0 unspecified atom stereocenters. The lowest BCUT2D eigenvalue weighted by atomic mass is 10.1. The molecule has 4 nitrogen and oxygen atoms in total. The van der Waals surface area contributed by atoms with Crippen LogP contribution in [0.25, 0.3) is 17.0 Å². The largest absolute Gasteiger partial charge is 0.508 e. The van der Waals surface area contributed by atoms with Crippen molar-refractivity contribution in [1.82, 2.24) is 9.88 Å². The molecule has 1 aromatic carbocycles. The van der Waals surface area contributed by atoms with Crippen LogP contribution in [0.1, 0.15) is 5.56 Å². The maximum atomic E-state index is 9.36. The highest BCUT2D eigenvalue weighted by Crippen LogP contribution is 2.28. The number of hydrogen-bond donors (Lipinski definition) is 1. The molecule has 3 rings (SSSR count). The zero-order chi connectivity index (χ0) is 14.8. The van der Waals surface area contributed by atoms with Crippen LogP contribution >= 0.6 is 11.3 Å². The number of aromatic nitrogens is 1. The summed E-state index contributed by atoms with van der Waals surface area (Å²) in [5.41, 5.74) is 2.80. The van der Waals surface area contributed by atoms with E-state index in [0.29, 0.717) is 0 Å². The van der Waals surface area contributed by atoms with Gasteiger partial charge < -0.3 is 14.9 Å². The molecule has 0 aliphatic carbocycles. The highest BCUT2D eigenvalue weighted by atomic mass is 32.1. The molecule has 0 spiro atoms. The molecular weight excluding hydrogens is 282 g/mol. The third kappa shape index (κ3) is 3.09. The Balaban J connectivity index is 1.76. The van der Waals surface area contributed by atoms with Crippen LogP contribution < -0.4 is 4.90 Å². The molecule has 0 atom stereocenters. The number of rotatable bonds is 3. The van der Waals surface area contributed by atoms with E-state index >= 15 is 0 Å². The van der Waals surface area contributed by atoms with Gasteiger partial charge in [0.25, 0.3) is 0 Å². The fourth-order valence-corrected chi connectivity index (χ4v) is 3.26. The summed E-state index contributed by atoms with van der Waals surface area (Å²) in [4.78, 5) is 9.43. The van der Waals surface area contributed by atoms with Gasteiger partial charge in [0.1, 0.15) is 5.76 Å². The lowest BCUT2D eigenvalue weighted by Gasteiger charge is -2.32. The van der Waals surface area contributed by atoms with E-state index in [1.807, 2.05) is 24.3 Å². The molecule has 1 aliphatic rings. The van der Waals surface area contributed by atoms with Gasteiger partial charge in [0.2, 0.25) is 0 Å². The minimum atomic E-state index is 0.0953. The minimum Gasteiger partial charge on any atom is -0.508 e. The average Bonchev–Trinajstić information content (AvgIpc) is 2.98. The first kappa shape index (κ1) is 14.1. The monoisotopic (exact) mass is 301 g/mol. The van der Waals surface area contributed by atoms with Crippen molar-refractivity contribution in [2.24, 2.45) is 0 Å². The van der Waals surface area contributed by atoms with Gasteiger partial charge in [-0.25, -0.2) is 4.98 Å². The standard InChI is InChI=1S/C16H19N3OS/c1-12(20)13-3-5-14(6-4-13)15-11-21-16(17-15)19-9-7-18(2)8-10-19/h3-6,11,20H,1,7-10H2,2H3. The van der Waals surface area contributed by atoms with E-state index < -0.39 is 0 Å². The smallest absolute Gasteiger partial charge is 0.185 e. The lowest BCUT2D eigenvalue weighted by Crippen LogP contribution is -2.44. The number of thiazole rings is 1. The van der Waals surface area contributed by atoms with Crippen LogP contribution in [-0.4, -0.2) is 48.2 Å². The van der Waals surface area contributed by atoms with Gasteiger partial charge in [0.05, 0.1) is 5.69 Å². The van der Waals surface area contributed by atoms with Crippen LogP contribution in [0.2, 0.25) is 0 Å². The van der Waals surface area contributed by atoms with E-state index in [1.54, 1.807) is 11.3 Å². The first-order valence-corrected chi connectivity index (χ1v) is 7.89. The Morgan fingerprint density at radius 1 is 1.19 bits per heavy atom. The molecule has 0 amide bonds. The SMILES string of the molecule is C=C(O)c1ccc(-c2csc(N3CCN(C)CC3)n2)cc1. The van der Waals surface area contributed by atoms with Crippen molar-refractivity contribution < 1.29 is 5.11 Å². The summed E-state index contributed by atoms with van der Waals surface area (Å²) in [6.07, 6.45) is 0. The third-order valence-corrected chi connectivity index (χ3v) is 4.68. The second-order valence-electron chi connectivity index (χ2n) is 5.33. The van der Waals surface area contributed by atoms with Gasteiger partial charge in [-0.2, -0.15) is 0 Å². The Kier molecular flexibility index (Phi) is 3.94. The molecule has 21 heavy (non-hydrogen) atoms. The highest BCUT2D eigenvalue weighted by Gasteiger charge is 2.17. The molecule has 2 heterocycles. The van der Waals surface area contributed by atoms with E-state index in [0.717, 1.165) is 48.1 Å². The maximum Gasteiger partial charge on any atom is 0.185 e. The lowest BCUT2D eigenvalue weighted by molar-refractivity contribution is 0.313. The second kappa shape index (κ2) is 5.87. The Morgan fingerprint density at radius 2 is 1.86 bits per heavy atom.